The number of hydrogen-bond acceptors (Lipinski definition) is 6. The van der Waals surface area contributed by atoms with Crippen molar-refractivity contribution in [2.75, 3.05) is 0 Å². The molecule has 9 unspecified atom stereocenters. The summed E-state index contributed by atoms with van der Waals surface area (Å²) in [6.45, 7) is 13.9. The summed E-state index contributed by atoms with van der Waals surface area (Å²) in [6, 6.07) is 1.90. The van der Waals surface area contributed by atoms with Crippen LogP contribution in [-0.4, -0.2) is 34.9 Å². The van der Waals surface area contributed by atoms with Crippen LogP contribution in [0.2, 0.25) is 0 Å². The minimum Gasteiger partial charge on any atom is -0.472 e. The number of esters is 1. The van der Waals surface area contributed by atoms with Crippen LogP contribution in [0, 0.1) is 45.3 Å². The van der Waals surface area contributed by atoms with E-state index < -0.39 is 39.8 Å². The van der Waals surface area contributed by atoms with Gasteiger partial charge in [0.05, 0.1) is 24.5 Å². The number of ketones is 2. The summed E-state index contributed by atoms with van der Waals surface area (Å²) in [7, 11) is 0. The Morgan fingerprint density at radius 3 is 2.39 bits per heavy atom. The van der Waals surface area contributed by atoms with Gasteiger partial charge in [-0.25, -0.2) is 0 Å². The zero-order chi connectivity index (χ0) is 26.4. The molecule has 4 aliphatic rings. The fourth-order valence-electron chi connectivity index (χ4n) is 9.11. The molecule has 196 valence electrons. The molecule has 36 heavy (non-hydrogen) atoms. The van der Waals surface area contributed by atoms with Crippen LogP contribution in [0.15, 0.2) is 35.2 Å². The van der Waals surface area contributed by atoms with Gasteiger partial charge in [-0.2, -0.15) is 0 Å². The van der Waals surface area contributed by atoms with E-state index in [9.17, 15) is 19.5 Å². The van der Waals surface area contributed by atoms with Crippen molar-refractivity contribution in [1.82, 2.24) is 0 Å². The number of aliphatic hydroxyl groups excluding tert-OH is 1. The predicted molar refractivity (Wildman–Crippen MR) is 134 cm³/mol. The number of carbonyl (C=O) groups excluding carboxylic acids is 3. The van der Waals surface area contributed by atoms with Crippen LogP contribution in [0.3, 0.4) is 0 Å². The number of carbonyl (C=O) groups is 3. The van der Waals surface area contributed by atoms with Gasteiger partial charge < -0.3 is 14.3 Å². The van der Waals surface area contributed by atoms with Gasteiger partial charge >= 0.3 is 5.97 Å². The lowest BCUT2D eigenvalue weighted by Gasteiger charge is -2.68. The molecular formula is C30H40O6. The molecule has 0 radical (unpaired) electrons. The molecule has 5 rings (SSSR count). The Kier molecular flexibility index (Phi) is 5.58. The van der Waals surface area contributed by atoms with Crippen LogP contribution in [0.5, 0.6) is 0 Å². The largest absolute Gasteiger partial charge is 0.472 e. The number of aliphatic hydroxyl groups is 1. The Morgan fingerprint density at radius 2 is 1.78 bits per heavy atom. The average Bonchev–Trinajstić information content (AvgIpc) is 3.42. The van der Waals surface area contributed by atoms with E-state index in [0.717, 1.165) is 5.56 Å². The Hall–Kier alpha value is -2.21. The minimum absolute atomic E-state index is 0.0705. The molecule has 1 N–H and O–H groups in total. The van der Waals surface area contributed by atoms with Crippen molar-refractivity contribution < 1.29 is 28.6 Å². The molecule has 1 heterocycles. The highest BCUT2D eigenvalue weighted by atomic mass is 16.5. The first-order valence-corrected chi connectivity index (χ1v) is 13.4. The molecule has 0 saturated heterocycles. The number of Topliss-reactive ketones (excluding diaryl/α,β-unsaturated/α-hetero) is 1. The van der Waals surface area contributed by atoms with E-state index in [-0.39, 0.29) is 41.2 Å². The summed E-state index contributed by atoms with van der Waals surface area (Å²) < 4.78 is 11.7. The second-order valence-electron chi connectivity index (χ2n) is 13.4. The number of ether oxygens (including phenoxy) is 1. The van der Waals surface area contributed by atoms with E-state index in [1.54, 1.807) is 18.6 Å². The van der Waals surface area contributed by atoms with E-state index in [1.165, 1.54) is 0 Å². The van der Waals surface area contributed by atoms with Gasteiger partial charge in [0.2, 0.25) is 0 Å². The summed E-state index contributed by atoms with van der Waals surface area (Å²) in [6.07, 6.45) is 7.09. The quantitative estimate of drug-likeness (QED) is 0.585. The first kappa shape index (κ1) is 25.4. The standard InChI is InChI=1S/C30H40O6/c1-16(2)26(34)36-24-14-21-28(5)10-8-22(32)27(3,4)20(28)13-23(33)30(21,7)25-19(31)12-18(29(24,25)6)17-9-11-35-15-17/h8-11,15-16,18,20-21,23-25,33H,12-14H2,1-7H3. The monoisotopic (exact) mass is 496 g/mol. The van der Waals surface area contributed by atoms with Crippen molar-refractivity contribution >= 4 is 17.5 Å². The Labute approximate surface area is 213 Å². The summed E-state index contributed by atoms with van der Waals surface area (Å²) in [4.78, 5) is 39.9. The molecule has 1 aromatic heterocycles. The highest BCUT2D eigenvalue weighted by Crippen LogP contribution is 2.73. The molecule has 9 atom stereocenters. The molecule has 0 aromatic carbocycles. The average molecular weight is 497 g/mol. The maximum absolute atomic E-state index is 14.0. The van der Waals surface area contributed by atoms with Crippen molar-refractivity contribution in [1.29, 1.82) is 0 Å². The summed E-state index contributed by atoms with van der Waals surface area (Å²) in [5.74, 6) is -1.28. The maximum atomic E-state index is 14.0. The second kappa shape index (κ2) is 7.89. The van der Waals surface area contributed by atoms with E-state index in [4.69, 9.17) is 9.15 Å². The number of allylic oxidation sites excluding steroid dienone is 2. The van der Waals surface area contributed by atoms with Crippen molar-refractivity contribution in [2.45, 2.75) is 85.9 Å². The van der Waals surface area contributed by atoms with Gasteiger partial charge in [0.15, 0.2) is 5.78 Å². The fourth-order valence-corrected chi connectivity index (χ4v) is 9.11. The normalized spacial score (nSPS) is 45.2. The summed E-state index contributed by atoms with van der Waals surface area (Å²) in [5, 5.41) is 11.9. The minimum atomic E-state index is -0.753. The third kappa shape index (κ3) is 3.09. The Balaban J connectivity index is 1.69. The number of hydrogen-bond donors (Lipinski definition) is 1. The lowest BCUT2D eigenvalue weighted by atomic mass is 9.36. The van der Waals surface area contributed by atoms with Gasteiger partial charge in [0, 0.05) is 34.5 Å². The molecule has 0 spiro atoms. The molecule has 1 aromatic rings. The van der Waals surface area contributed by atoms with Crippen molar-refractivity contribution in [2.24, 2.45) is 45.3 Å². The summed E-state index contributed by atoms with van der Waals surface area (Å²) >= 11 is 0. The van der Waals surface area contributed by atoms with Crippen LogP contribution in [-0.2, 0) is 19.1 Å². The lowest BCUT2D eigenvalue weighted by Crippen LogP contribution is -2.69. The number of fused-ring (bicyclic) bond motifs is 5. The molecular weight excluding hydrogens is 456 g/mol. The highest BCUT2D eigenvalue weighted by molar-refractivity contribution is 5.96. The third-order valence-electron chi connectivity index (χ3n) is 11.1. The molecule has 0 bridgehead atoms. The van der Waals surface area contributed by atoms with E-state index in [2.05, 4.69) is 20.8 Å². The molecule has 4 aliphatic carbocycles. The van der Waals surface area contributed by atoms with Gasteiger partial charge in [-0.1, -0.05) is 54.5 Å². The number of furan rings is 1. The maximum Gasteiger partial charge on any atom is 0.308 e. The SMILES string of the molecule is CC(C)C(=O)OC1CC2C3(C)C=CC(=O)C(C)(C)C3CC(O)C2(C)C2C(=O)CC(c3ccoc3)C12C. The molecule has 6 nitrogen and oxygen atoms in total. The van der Waals surface area contributed by atoms with Gasteiger partial charge in [-0.3, -0.25) is 14.4 Å². The van der Waals surface area contributed by atoms with Crippen LogP contribution >= 0.6 is 0 Å². The molecule has 0 aliphatic heterocycles. The van der Waals surface area contributed by atoms with Gasteiger partial charge in [0.1, 0.15) is 11.9 Å². The molecule has 6 heteroatoms. The van der Waals surface area contributed by atoms with Crippen LogP contribution in [0.25, 0.3) is 0 Å². The zero-order valence-corrected chi connectivity index (χ0v) is 22.5. The number of rotatable bonds is 3. The zero-order valence-electron chi connectivity index (χ0n) is 22.5. The Morgan fingerprint density at radius 1 is 1.08 bits per heavy atom. The van der Waals surface area contributed by atoms with Crippen LogP contribution in [0.4, 0.5) is 0 Å². The van der Waals surface area contributed by atoms with Crippen molar-refractivity contribution in [3.8, 4) is 0 Å². The lowest BCUT2D eigenvalue weighted by molar-refractivity contribution is -0.239. The highest BCUT2D eigenvalue weighted by Gasteiger charge is 2.74. The molecule has 0 amide bonds. The predicted octanol–water partition coefficient (Wildman–Crippen LogP) is 5.10. The van der Waals surface area contributed by atoms with Gasteiger partial charge in [0.25, 0.3) is 0 Å². The molecule has 3 saturated carbocycles. The Bertz CT molecular complexity index is 1110. The second-order valence-corrected chi connectivity index (χ2v) is 13.4. The topological polar surface area (TPSA) is 93.8 Å². The van der Waals surface area contributed by atoms with Crippen LogP contribution in [0.1, 0.15) is 79.2 Å². The van der Waals surface area contributed by atoms with Gasteiger partial charge in [-0.05, 0) is 47.8 Å². The summed E-state index contributed by atoms with van der Waals surface area (Å²) in [5.41, 5.74) is -1.54. The van der Waals surface area contributed by atoms with E-state index in [0.29, 0.717) is 19.3 Å². The van der Waals surface area contributed by atoms with Crippen LogP contribution < -0.4 is 0 Å². The molecule has 3 fully saturated rings. The smallest absolute Gasteiger partial charge is 0.308 e. The van der Waals surface area contributed by atoms with Crippen molar-refractivity contribution in [3.63, 3.8) is 0 Å². The first-order chi connectivity index (χ1) is 16.7. The van der Waals surface area contributed by atoms with Crippen molar-refractivity contribution in [3.05, 3.63) is 36.3 Å². The van der Waals surface area contributed by atoms with E-state index in [1.807, 2.05) is 39.8 Å². The fraction of sp³-hybridized carbons (Fsp3) is 0.700. The first-order valence-electron chi connectivity index (χ1n) is 13.4. The van der Waals surface area contributed by atoms with Gasteiger partial charge in [-0.15, -0.1) is 0 Å². The van der Waals surface area contributed by atoms with E-state index >= 15 is 0 Å². The third-order valence-corrected chi connectivity index (χ3v) is 11.1.